The number of pyridine rings is 1. The molecule has 4 heteroatoms. The molecule has 1 aromatic carbocycles. The number of benzene rings is 1. The lowest BCUT2D eigenvalue weighted by atomic mass is 10.1. The van der Waals surface area contributed by atoms with Crippen molar-refractivity contribution < 1.29 is 5.11 Å². The maximum atomic E-state index is 10.5. The second-order valence-electron chi connectivity index (χ2n) is 6.05. The number of thiophene rings is 1. The van der Waals surface area contributed by atoms with Crippen LogP contribution in [0.5, 0.6) is 0 Å². The number of aliphatic hydroxyl groups is 1. The van der Waals surface area contributed by atoms with Gasteiger partial charge in [0.2, 0.25) is 0 Å². The highest BCUT2D eigenvalue weighted by Crippen LogP contribution is 2.19. The van der Waals surface area contributed by atoms with Gasteiger partial charge in [0.1, 0.15) is 0 Å². The molecule has 3 nitrogen and oxygen atoms in total. The van der Waals surface area contributed by atoms with E-state index in [4.69, 9.17) is 0 Å². The highest BCUT2D eigenvalue weighted by Gasteiger charge is 2.15. The van der Waals surface area contributed by atoms with Crippen molar-refractivity contribution in [3.05, 3.63) is 87.9 Å². The number of rotatable bonds is 7. The van der Waals surface area contributed by atoms with Crippen molar-refractivity contribution in [1.29, 1.82) is 0 Å². The minimum Gasteiger partial charge on any atom is -0.387 e. The van der Waals surface area contributed by atoms with Crippen molar-refractivity contribution in [3.63, 3.8) is 0 Å². The Labute approximate surface area is 147 Å². The van der Waals surface area contributed by atoms with Crippen LogP contribution in [0.15, 0.2) is 65.5 Å². The Morgan fingerprint density at radius 2 is 1.92 bits per heavy atom. The summed E-state index contributed by atoms with van der Waals surface area (Å²) in [6.07, 6.45) is 1.41. The SMILES string of the molecule is Cc1ccc(CN(Cc2ccccc2)CC(O)c2ccsc2)nc1. The summed E-state index contributed by atoms with van der Waals surface area (Å²) in [5.41, 5.74) is 4.40. The zero-order valence-corrected chi connectivity index (χ0v) is 14.6. The normalized spacial score (nSPS) is 12.5. The van der Waals surface area contributed by atoms with Gasteiger partial charge in [-0.05, 0) is 46.5 Å². The largest absolute Gasteiger partial charge is 0.387 e. The zero-order chi connectivity index (χ0) is 16.8. The fourth-order valence-corrected chi connectivity index (χ4v) is 3.37. The summed E-state index contributed by atoms with van der Waals surface area (Å²) in [5.74, 6) is 0. The number of nitrogens with zero attached hydrogens (tertiary/aromatic N) is 2. The second kappa shape index (κ2) is 8.20. The third kappa shape index (κ3) is 4.74. The molecule has 124 valence electrons. The molecule has 2 heterocycles. The quantitative estimate of drug-likeness (QED) is 0.702. The summed E-state index contributed by atoms with van der Waals surface area (Å²) >= 11 is 1.61. The number of aliphatic hydroxyl groups excluding tert-OH is 1. The summed E-state index contributed by atoms with van der Waals surface area (Å²) in [6, 6.07) is 16.5. The standard InChI is InChI=1S/C20H22N2OS/c1-16-7-8-19(21-11-16)13-22(12-17-5-3-2-4-6-17)14-20(23)18-9-10-24-15-18/h2-11,15,20,23H,12-14H2,1H3. The van der Waals surface area contributed by atoms with Crippen LogP contribution in [0.25, 0.3) is 0 Å². The first-order valence-electron chi connectivity index (χ1n) is 8.08. The van der Waals surface area contributed by atoms with E-state index in [1.54, 1.807) is 11.3 Å². The monoisotopic (exact) mass is 338 g/mol. The van der Waals surface area contributed by atoms with E-state index in [0.29, 0.717) is 6.54 Å². The van der Waals surface area contributed by atoms with E-state index in [9.17, 15) is 5.11 Å². The first-order valence-corrected chi connectivity index (χ1v) is 9.03. The van der Waals surface area contributed by atoms with E-state index in [0.717, 1.165) is 29.9 Å². The molecule has 0 spiro atoms. The molecular formula is C20H22N2OS. The Bertz CT molecular complexity index is 726. The highest BCUT2D eigenvalue weighted by atomic mass is 32.1. The minimum atomic E-state index is -0.481. The Morgan fingerprint density at radius 3 is 2.58 bits per heavy atom. The Kier molecular flexibility index (Phi) is 5.75. The topological polar surface area (TPSA) is 36.4 Å². The summed E-state index contributed by atoms with van der Waals surface area (Å²) in [5, 5.41) is 14.5. The second-order valence-corrected chi connectivity index (χ2v) is 6.83. The van der Waals surface area contributed by atoms with Crippen LogP contribution in [-0.4, -0.2) is 21.5 Å². The molecule has 0 fully saturated rings. The third-order valence-electron chi connectivity index (χ3n) is 3.97. The van der Waals surface area contributed by atoms with Crippen LogP contribution < -0.4 is 0 Å². The van der Waals surface area contributed by atoms with E-state index in [1.165, 1.54) is 5.56 Å². The Morgan fingerprint density at radius 1 is 1.08 bits per heavy atom. The highest BCUT2D eigenvalue weighted by molar-refractivity contribution is 7.07. The maximum Gasteiger partial charge on any atom is 0.0925 e. The van der Waals surface area contributed by atoms with Crippen molar-refractivity contribution in [2.75, 3.05) is 6.54 Å². The van der Waals surface area contributed by atoms with Crippen LogP contribution in [-0.2, 0) is 13.1 Å². The number of hydrogen-bond acceptors (Lipinski definition) is 4. The van der Waals surface area contributed by atoms with Gasteiger partial charge in [-0.15, -0.1) is 0 Å². The predicted octanol–water partition coefficient (Wildman–Crippen LogP) is 4.19. The minimum absolute atomic E-state index is 0.481. The molecule has 0 aliphatic heterocycles. The molecule has 0 saturated heterocycles. The van der Waals surface area contributed by atoms with Crippen LogP contribution in [0.1, 0.15) is 28.5 Å². The fraction of sp³-hybridized carbons (Fsp3) is 0.250. The molecule has 0 aliphatic rings. The third-order valence-corrected chi connectivity index (χ3v) is 4.67. The van der Waals surface area contributed by atoms with Gasteiger partial charge in [-0.25, -0.2) is 0 Å². The van der Waals surface area contributed by atoms with E-state index >= 15 is 0 Å². The number of aromatic nitrogens is 1. The van der Waals surface area contributed by atoms with Gasteiger partial charge < -0.3 is 5.11 Å². The molecule has 0 aliphatic carbocycles. The molecule has 3 rings (SSSR count). The van der Waals surface area contributed by atoms with Gasteiger partial charge in [-0.3, -0.25) is 9.88 Å². The number of aryl methyl sites for hydroxylation is 1. The lowest BCUT2D eigenvalue weighted by Crippen LogP contribution is -2.28. The molecule has 1 atom stereocenters. The lowest BCUT2D eigenvalue weighted by molar-refractivity contribution is 0.104. The smallest absolute Gasteiger partial charge is 0.0925 e. The summed E-state index contributed by atoms with van der Waals surface area (Å²) in [7, 11) is 0. The number of hydrogen-bond donors (Lipinski definition) is 1. The Balaban J connectivity index is 1.73. The van der Waals surface area contributed by atoms with Crippen molar-refractivity contribution in [1.82, 2.24) is 9.88 Å². The average Bonchev–Trinajstić information content (AvgIpc) is 3.12. The van der Waals surface area contributed by atoms with Gasteiger partial charge in [-0.1, -0.05) is 36.4 Å². The predicted molar refractivity (Wildman–Crippen MR) is 98.8 cm³/mol. The van der Waals surface area contributed by atoms with E-state index in [2.05, 4.69) is 34.1 Å². The van der Waals surface area contributed by atoms with Crippen LogP contribution in [0.3, 0.4) is 0 Å². The van der Waals surface area contributed by atoms with E-state index in [1.807, 2.05) is 48.1 Å². The summed E-state index contributed by atoms with van der Waals surface area (Å²) in [4.78, 5) is 6.75. The maximum absolute atomic E-state index is 10.5. The summed E-state index contributed by atoms with van der Waals surface area (Å²) in [6.45, 7) is 4.13. The molecule has 1 unspecified atom stereocenters. The zero-order valence-electron chi connectivity index (χ0n) is 13.8. The molecule has 1 N–H and O–H groups in total. The molecule has 24 heavy (non-hydrogen) atoms. The first kappa shape index (κ1) is 16.8. The van der Waals surface area contributed by atoms with Gasteiger partial charge >= 0.3 is 0 Å². The van der Waals surface area contributed by atoms with Crippen molar-refractivity contribution in [2.45, 2.75) is 26.1 Å². The van der Waals surface area contributed by atoms with Crippen LogP contribution >= 0.6 is 11.3 Å². The molecule has 0 amide bonds. The average molecular weight is 338 g/mol. The Hall–Kier alpha value is -2.01. The van der Waals surface area contributed by atoms with Crippen molar-refractivity contribution in [3.8, 4) is 0 Å². The molecule has 2 aromatic heterocycles. The van der Waals surface area contributed by atoms with Crippen LogP contribution in [0, 0.1) is 6.92 Å². The molecule has 0 radical (unpaired) electrons. The molecular weight excluding hydrogens is 316 g/mol. The fourth-order valence-electron chi connectivity index (χ4n) is 2.66. The van der Waals surface area contributed by atoms with Gasteiger partial charge in [0.05, 0.1) is 11.8 Å². The van der Waals surface area contributed by atoms with Gasteiger partial charge in [0, 0.05) is 25.8 Å². The van der Waals surface area contributed by atoms with Crippen LogP contribution in [0.2, 0.25) is 0 Å². The van der Waals surface area contributed by atoms with Gasteiger partial charge in [0.25, 0.3) is 0 Å². The molecule has 0 saturated carbocycles. The molecule has 0 bridgehead atoms. The lowest BCUT2D eigenvalue weighted by Gasteiger charge is -2.25. The first-order chi connectivity index (χ1) is 11.7. The van der Waals surface area contributed by atoms with Crippen molar-refractivity contribution >= 4 is 11.3 Å². The van der Waals surface area contributed by atoms with Gasteiger partial charge in [0.15, 0.2) is 0 Å². The van der Waals surface area contributed by atoms with Crippen LogP contribution in [0.4, 0.5) is 0 Å². The van der Waals surface area contributed by atoms with E-state index < -0.39 is 6.10 Å². The van der Waals surface area contributed by atoms with Gasteiger partial charge in [-0.2, -0.15) is 11.3 Å². The summed E-state index contributed by atoms with van der Waals surface area (Å²) < 4.78 is 0. The van der Waals surface area contributed by atoms with Crippen molar-refractivity contribution in [2.24, 2.45) is 0 Å². The molecule has 3 aromatic rings. The van der Waals surface area contributed by atoms with E-state index in [-0.39, 0.29) is 0 Å².